The molecule has 4 rings (SSSR count). The number of hydrogen-bond acceptors (Lipinski definition) is 3. The number of nitrogens with zero attached hydrogens (tertiary/aromatic N) is 3. The molecule has 0 radical (unpaired) electrons. The molecule has 1 aromatic carbocycles. The molecule has 0 saturated carbocycles. The summed E-state index contributed by atoms with van der Waals surface area (Å²) in [6, 6.07) is 6.70. The third kappa shape index (κ3) is 2.37. The molecule has 126 valence electrons. The largest absolute Gasteiger partial charge is 0.341 e. The van der Waals surface area contributed by atoms with E-state index >= 15 is 0 Å². The van der Waals surface area contributed by atoms with Gasteiger partial charge in [0, 0.05) is 19.6 Å². The predicted molar refractivity (Wildman–Crippen MR) is 88.7 cm³/mol. The Morgan fingerprint density at radius 3 is 2.58 bits per heavy atom. The van der Waals surface area contributed by atoms with E-state index in [4.69, 9.17) is 0 Å². The number of benzene rings is 1. The van der Waals surface area contributed by atoms with Crippen LogP contribution in [-0.4, -0.2) is 59.7 Å². The van der Waals surface area contributed by atoms with Crippen LogP contribution in [0.1, 0.15) is 36.0 Å². The fraction of sp³-hybridized carbons (Fsp3) is 0.500. The summed E-state index contributed by atoms with van der Waals surface area (Å²) in [5.41, 5.74) is 1.08. The van der Waals surface area contributed by atoms with Crippen LogP contribution in [0.3, 0.4) is 0 Å². The number of hydrogen-bond donors (Lipinski definition) is 0. The van der Waals surface area contributed by atoms with Crippen molar-refractivity contribution in [2.24, 2.45) is 0 Å². The number of likely N-dealkylation sites (tertiary alicyclic amines) is 1. The summed E-state index contributed by atoms with van der Waals surface area (Å²) in [6.07, 6.45) is 3.54. The first-order valence-electron chi connectivity index (χ1n) is 8.66. The van der Waals surface area contributed by atoms with Crippen LogP contribution >= 0.6 is 0 Å². The second kappa shape index (κ2) is 5.92. The van der Waals surface area contributed by atoms with Crippen LogP contribution in [0.2, 0.25) is 0 Å². The molecule has 24 heavy (non-hydrogen) atoms. The summed E-state index contributed by atoms with van der Waals surface area (Å²) < 4.78 is 0. The van der Waals surface area contributed by atoms with Crippen molar-refractivity contribution in [3.05, 3.63) is 29.8 Å². The van der Waals surface area contributed by atoms with E-state index in [2.05, 4.69) is 0 Å². The van der Waals surface area contributed by atoms with Crippen molar-refractivity contribution in [1.29, 1.82) is 0 Å². The van der Waals surface area contributed by atoms with Gasteiger partial charge >= 0.3 is 0 Å². The van der Waals surface area contributed by atoms with Crippen LogP contribution in [0.5, 0.6) is 0 Å². The smallest absolute Gasteiger partial charge is 0.256 e. The van der Waals surface area contributed by atoms with Gasteiger partial charge < -0.3 is 14.7 Å². The Morgan fingerprint density at radius 1 is 1.04 bits per heavy atom. The van der Waals surface area contributed by atoms with Gasteiger partial charge in [-0.05, 0) is 37.8 Å². The number of carbonyl (C=O) groups is 3. The molecule has 3 heterocycles. The summed E-state index contributed by atoms with van der Waals surface area (Å²) >= 11 is 0. The number of amides is 3. The van der Waals surface area contributed by atoms with Gasteiger partial charge in [0.2, 0.25) is 11.8 Å². The molecule has 2 fully saturated rings. The summed E-state index contributed by atoms with van der Waals surface area (Å²) in [5, 5.41) is 0. The van der Waals surface area contributed by atoms with E-state index in [9.17, 15) is 14.4 Å². The molecular weight excluding hydrogens is 306 g/mol. The Labute approximate surface area is 141 Å². The van der Waals surface area contributed by atoms with Gasteiger partial charge in [0.05, 0.1) is 11.3 Å². The number of para-hydroxylation sites is 1. The third-order valence-corrected chi connectivity index (χ3v) is 5.24. The van der Waals surface area contributed by atoms with Crippen molar-refractivity contribution >= 4 is 23.4 Å². The van der Waals surface area contributed by atoms with E-state index in [1.54, 1.807) is 23.1 Å². The van der Waals surface area contributed by atoms with Crippen molar-refractivity contribution in [2.75, 3.05) is 31.1 Å². The highest BCUT2D eigenvalue weighted by atomic mass is 16.2. The highest BCUT2D eigenvalue weighted by Gasteiger charge is 2.42. The molecule has 2 saturated heterocycles. The lowest BCUT2D eigenvalue weighted by Gasteiger charge is -2.27. The Morgan fingerprint density at radius 2 is 1.79 bits per heavy atom. The van der Waals surface area contributed by atoms with Gasteiger partial charge in [-0.15, -0.1) is 0 Å². The maximum absolute atomic E-state index is 13.0. The molecule has 0 N–H and O–H groups in total. The van der Waals surface area contributed by atoms with Crippen molar-refractivity contribution in [2.45, 2.75) is 31.7 Å². The van der Waals surface area contributed by atoms with Gasteiger partial charge in [-0.1, -0.05) is 12.1 Å². The number of anilines is 1. The number of fused-ring (bicyclic) bond motifs is 2. The van der Waals surface area contributed by atoms with Gasteiger partial charge in [0.1, 0.15) is 12.6 Å². The van der Waals surface area contributed by atoms with Gasteiger partial charge in [-0.25, -0.2) is 0 Å². The predicted octanol–water partition coefficient (Wildman–Crippen LogP) is 1.26. The molecule has 0 bridgehead atoms. The monoisotopic (exact) mass is 327 g/mol. The molecule has 0 unspecified atom stereocenters. The average molecular weight is 327 g/mol. The highest BCUT2D eigenvalue weighted by Crippen LogP contribution is 2.32. The van der Waals surface area contributed by atoms with E-state index in [0.29, 0.717) is 24.2 Å². The van der Waals surface area contributed by atoms with Crippen LogP contribution in [0.15, 0.2) is 24.3 Å². The molecule has 3 aliphatic rings. The zero-order valence-corrected chi connectivity index (χ0v) is 13.6. The lowest BCUT2D eigenvalue weighted by Crippen LogP contribution is -2.48. The van der Waals surface area contributed by atoms with Crippen LogP contribution in [-0.2, 0) is 9.59 Å². The van der Waals surface area contributed by atoms with Crippen LogP contribution in [0.25, 0.3) is 0 Å². The zero-order valence-electron chi connectivity index (χ0n) is 13.6. The standard InChI is InChI=1S/C18H21N3O3/c22-16(19-9-3-4-10-19)12-21-14-7-2-1-6-13(14)17(23)20-11-5-8-15(20)18(21)24/h1-2,6-7,15H,3-5,8-12H2/t15-/m1/s1. The zero-order chi connectivity index (χ0) is 16.7. The van der Waals surface area contributed by atoms with E-state index in [1.807, 2.05) is 11.0 Å². The van der Waals surface area contributed by atoms with Gasteiger partial charge in [-0.2, -0.15) is 0 Å². The summed E-state index contributed by atoms with van der Waals surface area (Å²) in [4.78, 5) is 43.5. The summed E-state index contributed by atoms with van der Waals surface area (Å²) in [7, 11) is 0. The molecule has 6 heteroatoms. The van der Waals surface area contributed by atoms with E-state index in [0.717, 1.165) is 32.4 Å². The first-order chi connectivity index (χ1) is 11.7. The highest BCUT2D eigenvalue weighted by molar-refractivity contribution is 6.12. The molecule has 3 amide bonds. The Bertz CT molecular complexity index is 697. The van der Waals surface area contributed by atoms with Crippen molar-refractivity contribution in [3.8, 4) is 0 Å². The maximum Gasteiger partial charge on any atom is 0.256 e. The number of rotatable bonds is 2. The Balaban J connectivity index is 1.70. The second-order valence-electron chi connectivity index (χ2n) is 6.69. The quantitative estimate of drug-likeness (QED) is 0.822. The maximum atomic E-state index is 13.0. The Kier molecular flexibility index (Phi) is 3.75. The minimum atomic E-state index is -0.434. The summed E-state index contributed by atoms with van der Waals surface area (Å²) in [6.45, 7) is 2.15. The molecule has 1 aromatic rings. The van der Waals surface area contributed by atoms with E-state index in [-0.39, 0.29) is 24.3 Å². The van der Waals surface area contributed by atoms with Gasteiger partial charge in [0.25, 0.3) is 5.91 Å². The molecule has 1 atom stereocenters. The lowest BCUT2D eigenvalue weighted by atomic mass is 10.1. The van der Waals surface area contributed by atoms with Crippen LogP contribution in [0, 0.1) is 0 Å². The third-order valence-electron chi connectivity index (χ3n) is 5.24. The minimum absolute atomic E-state index is 0.0213. The molecule has 6 nitrogen and oxygen atoms in total. The lowest BCUT2D eigenvalue weighted by molar-refractivity contribution is -0.131. The minimum Gasteiger partial charge on any atom is -0.341 e. The second-order valence-corrected chi connectivity index (χ2v) is 6.69. The number of carbonyl (C=O) groups excluding carboxylic acids is 3. The Hall–Kier alpha value is -2.37. The normalized spacial score (nSPS) is 23.3. The molecule has 0 spiro atoms. The van der Waals surface area contributed by atoms with Gasteiger partial charge in [-0.3, -0.25) is 14.4 Å². The van der Waals surface area contributed by atoms with Crippen molar-refractivity contribution in [3.63, 3.8) is 0 Å². The van der Waals surface area contributed by atoms with Gasteiger partial charge in [0.15, 0.2) is 0 Å². The molecule has 0 aromatic heterocycles. The topological polar surface area (TPSA) is 60.9 Å². The molecule has 0 aliphatic carbocycles. The first kappa shape index (κ1) is 15.2. The average Bonchev–Trinajstić information content (AvgIpc) is 3.28. The SMILES string of the molecule is O=C(CN1C(=O)[C@H]2CCCN2C(=O)c2ccccc21)N1CCCC1. The molecule has 3 aliphatic heterocycles. The first-order valence-corrected chi connectivity index (χ1v) is 8.66. The van der Waals surface area contributed by atoms with Crippen LogP contribution < -0.4 is 4.90 Å². The van der Waals surface area contributed by atoms with E-state index < -0.39 is 6.04 Å². The van der Waals surface area contributed by atoms with E-state index in [1.165, 1.54) is 4.90 Å². The fourth-order valence-electron chi connectivity index (χ4n) is 3.97. The summed E-state index contributed by atoms with van der Waals surface area (Å²) in [5.74, 6) is -0.259. The van der Waals surface area contributed by atoms with Crippen molar-refractivity contribution in [1.82, 2.24) is 9.80 Å². The fourth-order valence-corrected chi connectivity index (χ4v) is 3.97. The van der Waals surface area contributed by atoms with Crippen molar-refractivity contribution < 1.29 is 14.4 Å². The van der Waals surface area contributed by atoms with Crippen LogP contribution in [0.4, 0.5) is 5.69 Å². The molecular formula is C18H21N3O3.